The molecule has 1 unspecified atom stereocenters. The van der Waals surface area contributed by atoms with Gasteiger partial charge in [-0.05, 0) is 31.2 Å². The highest BCUT2D eigenvalue weighted by Gasteiger charge is 2.28. The van der Waals surface area contributed by atoms with Crippen molar-refractivity contribution in [3.63, 3.8) is 0 Å². The van der Waals surface area contributed by atoms with E-state index in [1.54, 1.807) is 0 Å². The zero-order chi connectivity index (χ0) is 11.1. The fourth-order valence-corrected chi connectivity index (χ4v) is 2.29. The molecule has 0 amide bonds. The van der Waals surface area contributed by atoms with Gasteiger partial charge in [0.05, 0.1) is 13.2 Å². The first-order valence-electron chi connectivity index (χ1n) is 6.20. The van der Waals surface area contributed by atoms with Gasteiger partial charge in [-0.1, -0.05) is 13.8 Å². The number of ether oxygens (including phenoxy) is 1. The fraction of sp³-hybridized carbons (Fsp3) is 1.00. The topological polar surface area (TPSA) is 38.5 Å². The number of likely N-dealkylation sites (tertiary alicyclic amines) is 1. The van der Waals surface area contributed by atoms with E-state index in [0.29, 0.717) is 18.6 Å². The van der Waals surface area contributed by atoms with Gasteiger partial charge in [-0.15, -0.1) is 0 Å². The molecule has 0 aromatic rings. The molecule has 0 aromatic heterocycles. The molecule has 1 aliphatic heterocycles. The first kappa shape index (κ1) is 12.9. The first-order chi connectivity index (χ1) is 7.20. The zero-order valence-corrected chi connectivity index (χ0v) is 10.3. The van der Waals surface area contributed by atoms with Crippen LogP contribution < -0.4 is 5.73 Å². The molecule has 3 nitrogen and oxygen atoms in total. The van der Waals surface area contributed by atoms with Gasteiger partial charge in [-0.25, -0.2) is 0 Å². The van der Waals surface area contributed by atoms with Crippen LogP contribution >= 0.6 is 0 Å². The second-order valence-corrected chi connectivity index (χ2v) is 4.94. The van der Waals surface area contributed by atoms with Gasteiger partial charge in [0.25, 0.3) is 0 Å². The summed E-state index contributed by atoms with van der Waals surface area (Å²) in [4.78, 5) is 2.53. The Morgan fingerprint density at radius 2 is 2.20 bits per heavy atom. The number of nitrogens with zero attached hydrogens (tertiary/aromatic N) is 1. The highest BCUT2D eigenvalue weighted by atomic mass is 16.5. The van der Waals surface area contributed by atoms with Gasteiger partial charge >= 0.3 is 0 Å². The first-order valence-corrected chi connectivity index (χ1v) is 6.20. The quantitative estimate of drug-likeness (QED) is 0.681. The molecule has 0 aliphatic carbocycles. The maximum absolute atomic E-state index is 5.42. The van der Waals surface area contributed by atoms with Crippen LogP contribution in [-0.4, -0.2) is 44.3 Å². The summed E-state index contributed by atoms with van der Waals surface area (Å²) in [6.45, 7) is 10.4. The van der Waals surface area contributed by atoms with Crippen LogP contribution in [0.2, 0.25) is 0 Å². The Kier molecular flexibility index (Phi) is 5.58. The summed E-state index contributed by atoms with van der Waals surface area (Å²) in [6.07, 6.45) is 4.00. The molecule has 1 atom stereocenters. The highest BCUT2D eigenvalue weighted by molar-refractivity contribution is 4.82. The lowest BCUT2D eigenvalue weighted by Crippen LogP contribution is -2.42. The molecule has 1 aliphatic rings. The van der Waals surface area contributed by atoms with Crippen LogP contribution in [0.4, 0.5) is 0 Å². The molecule has 2 N–H and O–H groups in total. The Morgan fingerprint density at radius 1 is 1.40 bits per heavy atom. The molecule has 90 valence electrons. The van der Waals surface area contributed by atoms with Crippen molar-refractivity contribution in [2.75, 3.05) is 39.4 Å². The predicted molar refractivity (Wildman–Crippen MR) is 63.9 cm³/mol. The Balaban J connectivity index is 2.18. The van der Waals surface area contributed by atoms with Gasteiger partial charge in [0, 0.05) is 19.6 Å². The smallest absolute Gasteiger partial charge is 0.0594 e. The average Bonchev–Trinajstić information content (AvgIpc) is 2.25. The summed E-state index contributed by atoms with van der Waals surface area (Å²) in [6, 6.07) is 0. The van der Waals surface area contributed by atoms with E-state index < -0.39 is 0 Å². The second-order valence-electron chi connectivity index (χ2n) is 4.94. The summed E-state index contributed by atoms with van der Waals surface area (Å²) in [7, 11) is 0. The SMILES string of the molecule is CCC1(C)CCCN(CCOCCN)C1. The average molecular weight is 214 g/mol. The fourth-order valence-electron chi connectivity index (χ4n) is 2.29. The molecule has 0 spiro atoms. The predicted octanol–water partition coefficient (Wildman–Crippen LogP) is 1.47. The van der Waals surface area contributed by atoms with Crippen molar-refractivity contribution in [1.29, 1.82) is 0 Å². The van der Waals surface area contributed by atoms with Gasteiger partial charge in [-0.3, -0.25) is 0 Å². The minimum atomic E-state index is 0.534. The summed E-state index contributed by atoms with van der Waals surface area (Å²) in [5.74, 6) is 0. The Morgan fingerprint density at radius 3 is 2.87 bits per heavy atom. The molecular weight excluding hydrogens is 188 g/mol. The van der Waals surface area contributed by atoms with Crippen LogP contribution in [0.15, 0.2) is 0 Å². The van der Waals surface area contributed by atoms with Crippen LogP contribution in [0.1, 0.15) is 33.1 Å². The third kappa shape index (κ3) is 4.49. The van der Waals surface area contributed by atoms with E-state index in [1.165, 1.54) is 32.4 Å². The normalized spacial score (nSPS) is 28.2. The summed E-state index contributed by atoms with van der Waals surface area (Å²) in [5.41, 5.74) is 5.91. The molecule has 1 rings (SSSR count). The van der Waals surface area contributed by atoms with Crippen molar-refractivity contribution in [1.82, 2.24) is 4.90 Å². The van der Waals surface area contributed by atoms with E-state index in [-0.39, 0.29) is 0 Å². The Bertz CT molecular complexity index is 175. The van der Waals surface area contributed by atoms with Crippen molar-refractivity contribution in [2.45, 2.75) is 33.1 Å². The van der Waals surface area contributed by atoms with Gasteiger partial charge in [0.1, 0.15) is 0 Å². The van der Waals surface area contributed by atoms with Gasteiger partial charge < -0.3 is 15.4 Å². The maximum atomic E-state index is 5.42. The van der Waals surface area contributed by atoms with Gasteiger partial charge in [0.15, 0.2) is 0 Å². The van der Waals surface area contributed by atoms with Crippen molar-refractivity contribution < 1.29 is 4.74 Å². The second kappa shape index (κ2) is 6.46. The molecule has 1 fully saturated rings. The highest BCUT2D eigenvalue weighted by Crippen LogP contribution is 2.32. The lowest BCUT2D eigenvalue weighted by Gasteiger charge is -2.40. The molecule has 0 radical (unpaired) electrons. The van der Waals surface area contributed by atoms with Crippen LogP contribution in [-0.2, 0) is 4.74 Å². The minimum absolute atomic E-state index is 0.534. The van der Waals surface area contributed by atoms with E-state index in [4.69, 9.17) is 10.5 Å². The van der Waals surface area contributed by atoms with Crippen LogP contribution in [0.3, 0.4) is 0 Å². The zero-order valence-electron chi connectivity index (χ0n) is 10.3. The number of hydrogen-bond donors (Lipinski definition) is 1. The molecule has 1 heterocycles. The Hall–Kier alpha value is -0.120. The number of hydrogen-bond acceptors (Lipinski definition) is 3. The van der Waals surface area contributed by atoms with E-state index in [1.807, 2.05) is 0 Å². The van der Waals surface area contributed by atoms with E-state index in [2.05, 4.69) is 18.7 Å². The molecule has 3 heteroatoms. The van der Waals surface area contributed by atoms with Crippen molar-refractivity contribution >= 4 is 0 Å². The van der Waals surface area contributed by atoms with Crippen LogP contribution in [0, 0.1) is 5.41 Å². The molecular formula is C12H26N2O. The lowest BCUT2D eigenvalue weighted by atomic mass is 9.80. The van der Waals surface area contributed by atoms with E-state index in [0.717, 1.165) is 13.2 Å². The molecule has 0 aromatic carbocycles. The van der Waals surface area contributed by atoms with Gasteiger partial charge in [0.2, 0.25) is 0 Å². The van der Waals surface area contributed by atoms with Crippen molar-refractivity contribution in [3.8, 4) is 0 Å². The van der Waals surface area contributed by atoms with Crippen molar-refractivity contribution in [2.24, 2.45) is 11.1 Å². The standard InChI is InChI=1S/C12H26N2O/c1-3-12(2)5-4-7-14(11-12)8-10-15-9-6-13/h3-11,13H2,1-2H3. The van der Waals surface area contributed by atoms with Crippen LogP contribution in [0.5, 0.6) is 0 Å². The molecule has 0 saturated carbocycles. The number of rotatable bonds is 6. The third-order valence-electron chi connectivity index (χ3n) is 3.53. The molecule has 0 bridgehead atoms. The summed E-state index contributed by atoms with van der Waals surface area (Å²) < 4.78 is 5.42. The maximum Gasteiger partial charge on any atom is 0.0594 e. The molecule has 1 saturated heterocycles. The lowest BCUT2D eigenvalue weighted by molar-refractivity contribution is 0.0589. The number of nitrogens with two attached hydrogens (primary N) is 1. The molecule has 15 heavy (non-hydrogen) atoms. The van der Waals surface area contributed by atoms with Gasteiger partial charge in [-0.2, -0.15) is 0 Å². The minimum Gasteiger partial charge on any atom is -0.379 e. The number of piperidine rings is 1. The summed E-state index contributed by atoms with van der Waals surface area (Å²) in [5, 5.41) is 0. The third-order valence-corrected chi connectivity index (χ3v) is 3.53. The summed E-state index contributed by atoms with van der Waals surface area (Å²) >= 11 is 0. The van der Waals surface area contributed by atoms with E-state index >= 15 is 0 Å². The van der Waals surface area contributed by atoms with E-state index in [9.17, 15) is 0 Å². The van der Waals surface area contributed by atoms with Crippen LogP contribution in [0.25, 0.3) is 0 Å². The monoisotopic (exact) mass is 214 g/mol. The largest absolute Gasteiger partial charge is 0.379 e. The van der Waals surface area contributed by atoms with Crippen molar-refractivity contribution in [3.05, 3.63) is 0 Å². The Labute approximate surface area is 94.0 Å².